The molecule has 4 heteroatoms. The van der Waals surface area contributed by atoms with Crippen LogP contribution in [-0.2, 0) is 11.3 Å². The summed E-state index contributed by atoms with van der Waals surface area (Å²) in [4.78, 5) is 12.4. The maximum atomic E-state index is 13.0. The van der Waals surface area contributed by atoms with Gasteiger partial charge in [0.2, 0.25) is 0 Å². The van der Waals surface area contributed by atoms with Crippen molar-refractivity contribution in [3.05, 3.63) is 78.1 Å². The van der Waals surface area contributed by atoms with Gasteiger partial charge in [0.15, 0.2) is 6.10 Å². The van der Waals surface area contributed by atoms with Gasteiger partial charge >= 0.3 is 0 Å². The van der Waals surface area contributed by atoms with Crippen LogP contribution in [0.25, 0.3) is 10.8 Å². The zero-order valence-corrected chi connectivity index (χ0v) is 14.0. The second kappa shape index (κ2) is 7.79. The van der Waals surface area contributed by atoms with E-state index in [4.69, 9.17) is 4.74 Å². The summed E-state index contributed by atoms with van der Waals surface area (Å²) in [5, 5.41) is 5.20. The Kier molecular flexibility index (Phi) is 5.29. The lowest BCUT2D eigenvalue weighted by Crippen LogP contribution is -2.37. The molecule has 1 amide bonds. The number of carbonyl (C=O) groups excluding carboxylic acids is 1. The molecule has 3 rings (SSSR count). The van der Waals surface area contributed by atoms with Crippen LogP contribution >= 0.6 is 0 Å². The summed E-state index contributed by atoms with van der Waals surface area (Å²) in [5.41, 5.74) is 1.06. The van der Waals surface area contributed by atoms with Crippen molar-refractivity contribution in [3.63, 3.8) is 0 Å². The lowest BCUT2D eigenvalue weighted by molar-refractivity contribution is -0.128. The van der Waals surface area contributed by atoms with Gasteiger partial charge in [0.25, 0.3) is 5.91 Å². The van der Waals surface area contributed by atoms with Crippen molar-refractivity contribution in [1.29, 1.82) is 0 Å². The first-order valence-electron chi connectivity index (χ1n) is 8.34. The zero-order valence-electron chi connectivity index (χ0n) is 14.0. The van der Waals surface area contributed by atoms with Crippen LogP contribution in [0, 0.1) is 5.82 Å². The number of benzene rings is 3. The summed E-state index contributed by atoms with van der Waals surface area (Å²) >= 11 is 0. The average Bonchev–Trinajstić information content (AvgIpc) is 2.65. The third kappa shape index (κ3) is 4.15. The Bertz CT molecular complexity index is 856. The van der Waals surface area contributed by atoms with E-state index in [-0.39, 0.29) is 11.7 Å². The minimum Gasteiger partial charge on any atom is -0.481 e. The molecule has 128 valence electrons. The number of ether oxygens (including phenoxy) is 1. The molecule has 0 heterocycles. The van der Waals surface area contributed by atoms with Gasteiger partial charge in [-0.15, -0.1) is 0 Å². The molecule has 0 saturated carbocycles. The summed E-state index contributed by atoms with van der Waals surface area (Å²) in [5.74, 6) is -0.0332. The zero-order chi connectivity index (χ0) is 17.6. The van der Waals surface area contributed by atoms with Gasteiger partial charge in [0.05, 0.1) is 0 Å². The molecule has 0 unspecified atom stereocenters. The highest BCUT2D eigenvalue weighted by atomic mass is 19.1. The van der Waals surface area contributed by atoms with Gasteiger partial charge in [-0.2, -0.15) is 0 Å². The fourth-order valence-corrected chi connectivity index (χ4v) is 2.74. The molecule has 0 aliphatic carbocycles. The van der Waals surface area contributed by atoms with Gasteiger partial charge in [-0.3, -0.25) is 4.79 Å². The van der Waals surface area contributed by atoms with Crippen molar-refractivity contribution in [2.75, 3.05) is 0 Å². The number of amides is 1. The molecule has 0 aliphatic heterocycles. The highest BCUT2D eigenvalue weighted by molar-refractivity contribution is 5.86. The predicted molar refractivity (Wildman–Crippen MR) is 96.9 cm³/mol. The van der Waals surface area contributed by atoms with Gasteiger partial charge in [-0.25, -0.2) is 4.39 Å². The number of hydrogen-bond acceptors (Lipinski definition) is 2. The minimum atomic E-state index is -0.611. The Morgan fingerprint density at radius 3 is 2.52 bits per heavy atom. The highest BCUT2D eigenvalue weighted by Gasteiger charge is 2.18. The lowest BCUT2D eigenvalue weighted by atomic mass is 10.0. The normalized spacial score (nSPS) is 11.9. The van der Waals surface area contributed by atoms with Crippen LogP contribution < -0.4 is 10.1 Å². The number of rotatable bonds is 6. The number of halogens is 1. The number of hydrogen-bond donors (Lipinski definition) is 1. The number of fused-ring (bicyclic) bond motifs is 1. The summed E-state index contributed by atoms with van der Waals surface area (Å²) < 4.78 is 18.6. The van der Waals surface area contributed by atoms with Crippen molar-refractivity contribution in [3.8, 4) is 5.75 Å². The molecule has 1 atom stereocenters. The first kappa shape index (κ1) is 17.0. The van der Waals surface area contributed by atoms with E-state index in [0.29, 0.717) is 18.7 Å². The minimum absolute atomic E-state index is 0.181. The van der Waals surface area contributed by atoms with E-state index in [1.54, 1.807) is 0 Å². The average molecular weight is 337 g/mol. The van der Waals surface area contributed by atoms with Crippen LogP contribution in [0.15, 0.2) is 66.7 Å². The van der Waals surface area contributed by atoms with Gasteiger partial charge < -0.3 is 10.1 Å². The molecule has 0 bridgehead atoms. The van der Waals surface area contributed by atoms with Crippen molar-refractivity contribution in [2.24, 2.45) is 0 Å². The Hall–Kier alpha value is -2.88. The summed E-state index contributed by atoms with van der Waals surface area (Å²) in [6.07, 6.45) is -0.0842. The van der Waals surface area contributed by atoms with Gasteiger partial charge in [0, 0.05) is 6.54 Å². The monoisotopic (exact) mass is 337 g/mol. The van der Waals surface area contributed by atoms with Crippen molar-refractivity contribution in [1.82, 2.24) is 5.32 Å². The Labute approximate surface area is 146 Å². The molecule has 3 aromatic carbocycles. The second-order valence-corrected chi connectivity index (χ2v) is 5.82. The van der Waals surface area contributed by atoms with Crippen molar-refractivity contribution in [2.45, 2.75) is 26.0 Å². The van der Waals surface area contributed by atoms with Crippen LogP contribution in [-0.4, -0.2) is 12.0 Å². The Morgan fingerprint density at radius 1 is 1.04 bits per heavy atom. The van der Waals surface area contributed by atoms with Gasteiger partial charge in [-0.05, 0) is 47.0 Å². The van der Waals surface area contributed by atoms with E-state index in [0.717, 1.165) is 16.3 Å². The van der Waals surface area contributed by atoms with Crippen LogP contribution in [0.5, 0.6) is 5.75 Å². The Balaban J connectivity index is 1.66. The quantitative estimate of drug-likeness (QED) is 0.721. The van der Waals surface area contributed by atoms with E-state index in [1.807, 2.05) is 49.4 Å². The van der Waals surface area contributed by atoms with Gasteiger partial charge in [0.1, 0.15) is 11.6 Å². The van der Waals surface area contributed by atoms with E-state index in [2.05, 4.69) is 5.32 Å². The van der Waals surface area contributed by atoms with Crippen LogP contribution in [0.2, 0.25) is 0 Å². The maximum Gasteiger partial charge on any atom is 0.261 e. The fraction of sp³-hybridized carbons (Fsp3) is 0.190. The molecule has 3 nitrogen and oxygen atoms in total. The molecule has 1 N–H and O–H groups in total. The van der Waals surface area contributed by atoms with E-state index in [1.165, 1.54) is 24.3 Å². The number of nitrogens with one attached hydrogen (secondary N) is 1. The van der Waals surface area contributed by atoms with Crippen LogP contribution in [0.1, 0.15) is 18.9 Å². The third-order valence-corrected chi connectivity index (χ3v) is 4.09. The van der Waals surface area contributed by atoms with Gasteiger partial charge in [-0.1, -0.05) is 49.4 Å². The first-order chi connectivity index (χ1) is 12.2. The molecule has 3 aromatic rings. The summed E-state index contributed by atoms with van der Waals surface area (Å²) in [6, 6.07) is 19.8. The van der Waals surface area contributed by atoms with Crippen molar-refractivity contribution >= 4 is 16.7 Å². The smallest absolute Gasteiger partial charge is 0.261 e. The standard InChI is InChI=1S/C21H20FNO2/c1-2-20(25-18-12-10-17(22)11-13-18)21(24)23-14-16-8-5-7-15-6-3-4-9-19(15)16/h3-13,20H,2,14H2,1H3,(H,23,24)/t20-/m0/s1. The fourth-order valence-electron chi connectivity index (χ4n) is 2.74. The van der Waals surface area contributed by atoms with Crippen molar-refractivity contribution < 1.29 is 13.9 Å². The predicted octanol–water partition coefficient (Wildman–Crippen LogP) is 4.45. The molecular formula is C21H20FNO2. The van der Waals surface area contributed by atoms with E-state index in [9.17, 15) is 9.18 Å². The molecule has 0 aromatic heterocycles. The van der Waals surface area contributed by atoms with Crippen LogP contribution in [0.3, 0.4) is 0 Å². The topological polar surface area (TPSA) is 38.3 Å². The molecule has 0 spiro atoms. The summed E-state index contributed by atoms with van der Waals surface area (Å²) in [6.45, 7) is 2.31. The lowest BCUT2D eigenvalue weighted by Gasteiger charge is -2.17. The molecule has 0 fully saturated rings. The molecule has 0 radical (unpaired) electrons. The SMILES string of the molecule is CC[C@H](Oc1ccc(F)cc1)C(=O)NCc1cccc2ccccc12. The first-order valence-corrected chi connectivity index (χ1v) is 8.34. The number of carbonyl (C=O) groups is 1. The molecular weight excluding hydrogens is 317 g/mol. The van der Waals surface area contributed by atoms with Crippen LogP contribution in [0.4, 0.5) is 4.39 Å². The maximum absolute atomic E-state index is 13.0. The highest BCUT2D eigenvalue weighted by Crippen LogP contribution is 2.19. The Morgan fingerprint density at radius 2 is 1.76 bits per heavy atom. The third-order valence-electron chi connectivity index (χ3n) is 4.09. The molecule has 25 heavy (non-hydrogen) atoms. The van der Waals surface area contributed by atoms with E-state index < -0.39 is 6.10 Å². The molecule has 0 saturated heterocycles. The largest absolute Gasteiger partial charge is 0.481 e. The summed E-state index contributed by atoms with van der Waals surface area (Å²) in [7, 11) is 0. The molecule has 0 aliphatic rings. The second-order valence-electron chi connectivity index (χ2n) is 5.82. The van der Waals surface area contributed by atoms with E-state index >= 15 is 0 Å².